The highest BCUT2D eigenvalue weighted by Crippen LogP contribution is 2.21. The van der Waals surface area contributed by atoms with Gasteiger partial charge < -0.3 is 15.0 Å². The predicted molar refractivity (Wildman–Crippen MR) is 92.3 cm³/mol. The Kier molecular flexibility index (Phi) is 3.89. The van der Waals surface area contributed by atoms with E-state index >= 15 is 0 Å². The summed E-state index contributed by atoms with van der Waals surface area (Å²) in [6, 6.07) is 7.72. The minimum absolute atomic E-state index is 0.183. The molecule has 2 aromatic heterocycles. The summed E-state index contributed by atoms with van der Waals surface area (Å²) in [6.07, 6.45) is 4.43. The Bertz CT molecular complexity index is 955. The van der Waals surface area contributed by atoms with Gasteiger partial charge in [0.05, 0.1) is 17.5 Å². The fourth-order valence-electron chi connectivity index (χ4n) is 3.34. The maximum Gasteiger partial charge on any atom is 0.262 e. The van der Waals surface area contributed by atoms with E-state index < -0.39 is 5.60 Å². The van der Waals surface area contributed by atoms with E-state index in [2.05, 4.69) is 10.3 Å². The zero-order chi connectivity index (χ0) is 17.4. The van der Waals surface area contributed by atoms with E-state index in [1.54, 1.807) is 29.0 Å². The summed E-state index contributed by atoms with van der Waals surface area (Å²) in [7, 11) is 0. The lowest BCUT2D eigenvalue weighted by Crippen LogP contribution is -2.46. The van der Waals surface area contributed by atoms with Crippen LogP contribution in [-0.2, 0) is 6.54 Å². The molecule has 3 aromatic rings. The van der Waals surface area contributed by atoms with Crippen molar-refractivity contribution < 1.29 is 9.50 Å². The molecule has 0 saturated carbocycles. The summed E-state index contributed by atoms with van der Waals surface area (Å²) in [6.45, 7) is 1.71. The molecule has 1 aromatic carbocycles. The Morgan fingerprint density at radius 3 is 2.64 bits per heavy atom. The average Bonchev–Trinajstić information content (AvgIpc) is 3.03. The van der Waals surface area contributed by atoms with Crippen molar-refractivity contribution in [3.8, 4) is 5.69 Å². The molecule has 130 valence electrons. The second-order valence-electron chi connectivity index (χ2n) is 6.55. The highest BCUT2D eigenvalue weighted by Gasteiger charge is 2.30. The Morgan fingerprint density at radius 2 is 1.92 bits per heavy atom. The van der Waals surface area contributed by atoms with Crippen LogP contribution in [0.4, 0.5) is 4.39 Å². The SMILES string of the molecule is O=c1c2ccn(-c3ccc(F)cc3)c2ncn1CC1(O)CCNCC1. The number of rotatable bonds is 3. The van der Waals surface area contributed by atoms with Crippen molar-refractivity contribution >= 4 is 11.0 Å². The summed E-state index contributed by atoms with van der Waals surface area (Å²) >= 11 is 0. The molecule has 2 N–H and O–H groups in total. The number of aliphatic hydroxyl groups is 1. The van der Waals surface area contributed by atoms with Crippen LogP contribution < -0.4 is 10.9 Å². The first kappa shape index (κ1) is 16.0. The van der Waals surface area contributed by atoms with Gasteiger partial charge in [0.25, 0.3) is 5.56 Å². The van der Waals surface area contributed by atoms with Gasteiger partial charge in [-0.2, -0.15) is 0 Å². The van der Waals surface area contributed by atoms with Gasteiger partial charge in [0.15, 0.2) is 5.65 Å². The smallest absolute Gasteiger partial charge is 0.262 e. The van der Waals surface area contributed by atoms with Crippen LogP contribution in [0.3, 0.4) is 0 Å². The van der Waals surface area contributed by atoms with Gasteiger partial charge >= 0.3 is 0 Å². The molecule has 7 heteroatoms. The van der Waals surface area contributed by atoms with Gasteiger partial charge in [-0.05, 0) is 56.3 Å². The van der Waals surface area contributed by atoms with E-state index in [0.717, 1.165) is 18.8 Å². The Morgan fingerprint density at radius 1 is 1.20 bits per heavy atom. The van der Waals surface area contributed by atoms with Crippen molar-refractivity contribution in [2.24, 2.45) is 0 Å². The van der Waals surface area contributed by atoms with Crippen LogP contribution in [0.15, 0.2) is 47.7 Å². The molecule has 25 heavy (non-hydrogen) atoms. The van der Waals surface area contributed by atoms with Crippen molar-refractivity contribution in [1.82, 2.24) is 19.4 Å². The minimum Gasteiger partial charge on any atom is -0.388 e. The van der Waals surface area contributed by atoms with E-state index in [1.165, 1.54) is 23.0 Å². The van der Waals surface area contributed by atoms with Crippen molar-refractivity contribution in [2.75, 3.05) is 13.1 Å². The molecule has 0 spiro atoms. The first-order valence-corrected chi connectivity index (χ1v) is 8.31. The van der Waals surface area contributed by atoms with Gasteiger partial charge in [0.1, 0.15) is 12.1 Å². The molecule has 6 nitrogen and oxygen atoms in total. The summed E-state index contributed by atoms with van der Waals surface area (Å²) < 4.78 is 16.3. The van der Waals surface area contributed by atoms with Crippen molar-refractivity contribution in [1.29, 1.82) is 0 Å². The fraction of sp³-hybridized carbons (Fsp3) is 0.333. The number of piperidine rings is 1. The summed E-state index contributed by atoms with van der Waals surface area (Å²) in [5.74, 6) is -0.314. The topological polar surface area (TPSA) is 72.1 Å². The van der Waals surface area contributed by atoms with Crippen LogP contribution >= 0.6 is 0 Å². The summed E-state index contributed by atoms with van der Waals surface area (Å²) in [5, 5.41) is 14.3. The molecule has 1 saturated heterocycles. The number of nitrogens with one attached hydrogen (secondary N) is 1. The second-order valence-corrected chi connectivity index (χ2v) is 6.55. The Balaban J connectivity index is 1.72. The van der Waals surface area contributed by atoms with Crippen LogP contribution in [-0.4, -0.2) is 37.9 Å². The number of hydrogen-bond acceptors (Lipinski definition) is 4. The van der Waals surface area contributed by atoms with E-state index in [4.69, 9.17) is 0 Å². The molecule has 0 aliphatic carbocycles. The molecular weight excluding hydrogens is 323 g/mol. The largest absolute Gasteiger partial charge is 0.388 e. The molecule has 1 aliphatic heterocycles. The number of aromatic nitrogens is 3. The zero-order valence-corrected chi connectivity index (χ0v) is 13.7. The molecule has 0 atom stereocenters. The van der Waals surface area contributed by atoms with E-state index in [9.17, 15) is 14.3 Å². The number of hydrogen-bond donors (Lipinski definition) is 2. The standard InChI is InChI=1S/C18H19FN4O2/c19-13-1-3-14(4-2-13)23-10-5-15-16(23)21-12-22(17(15)24)11-18(25)6-8-20-9-7-18/h1-5,10,12,20,25H,6-9,11H2. The van der Waals surface area contributed by atoms with Gasteiger partial charge in [-0.25, -0.2) is 9.37 Å². The number of halogens is 1. The first-order chi connectivity index (χ1) is 12.1. The van der Waals surface area contributed by atoms with Crippen LogP contribution in [0.1, 0.15) is 12.8 Å². The van der Waals surface area contributed by atoms with Crippen LogP contribution in [0, 0.1) is 5.82 Å². The normalized spacial score (nSPS) is 17.0. The van der Waals surface area contributed by atoms with E-state index in [1.807, 2.05) is 0 Å². The third-order valence-electron chi connectivity index (χ3n) is 4.77. The van der Waals surface area contributed by atoms with Crippen molar-refractivity contribution in [3.63, 3.8) is 0 Å². The molecule has 4 rings (SSSR count). The van der Waals surface area contributed by atoms with Gasteiger partial charge in [-0.1, -0.05) is 0 Å². The fourth-order valence-corrected chi connectivity index (χ4v) is 3.34. The Hall–Kier alpha value is -2.51. The minimum atomic E-state index is -0.885. The molecule has 3 heterocycles. The van der Waals surface area contributed by atoms with E-state index in [0.29, 0.717) is 23.9 Å². The van der Waals surface area contributed by atoms with E-state index in [-0.39, 0.29) is 17.9 Å². The first-order valence-electron chi connectivity index (χ1n) is 8.31. The Labute approximate surface area is 143 Å². The molecule has 0 bridgehead atoms. The third-order valence-corrected chi connectivity index (χ3v) is 4.77. The second kappa shape index (κ2) is 6.09. The molecule has 1 fully saturated rings. The van der Waals surface area contributed by atoms with Crippen molar-refractivity contribution in [2.45, 2.75) is 25.0 Å². The van der Waals surface area contributed by atoms with Crippen LogP contribution in [0.5, 0.6) is 0 Å². The van der Waals surface area contributed by atoms with Crippen LogP contribution in [0.25, 0.3) is 16.7 Å². The van der Waals surface area contributed by atoms with Gasteiger partial charge in [-0.15, -0.1) is 0 Å². The van der Waals surface area contributed by atoms with Gasteiger partial charge in [0, 0.05) is 11.9 Å². The molecular formula is C18H19FN4O2. The number of benzene rings is 1. The lowest BCUT2D eigenvalue weighted by molar-refractivity contribution is -0.00627. The average molecular weight is 342 g/mol. The molecule has 0 radical (unpaired) electrons. The molecule has 0 unspecified atom stereocenters. The maximum atomic E-state index is 13.1. The highest BCUT2D eigenvalue weighted by molar-refractivity contribution is 5.76. The highest BCUT2D eigenvalue weighted by atomic mass is 19.1. The molecule has 0 amide bonds. The summed E-state index contributed by atoms with van der Waals surface area (Å²) in [5.41, 5.74) is 0.185. The zero-order valence-electron chi connectivity index (χ0n) is 13.7. The van der Waals surface area contributed by atoms with Gasteiger partial charge in [0.2, 0.25) is 0 Å². The lowest BCUT2D eigenvalue weighted by atomic mass is 9.92. The quantitative estimate of drug-likeness (QED) is 0.756. The number of fused-ring (bicyclic) bond motifs is 1. The van der Waals surface area contributed by atoms with Gasteiger partial charge in [-0.3, -0.25) is 9.36 Å². The van der Waals surface area contributed by atoms with Crippen molar-refractivity contribution in [3.05, 3.63) is 59.0 Å². The molecule has 1 aliphatic rings. The maximum absolute atomic E-state index is 13.1. The lowest BCUT2D eigenvalue weighted by Gasteiger charge is -2.32. The van der Waals surface area contributed by atoms with Crippen LogP contribution in [0.2, 0.25) is 0 Å². The monoisotopic (exact) mass is 342 g/mol. The predicted octanol–water partition coefficient (Wildman–Crippen LogP) is 1.44. The number of nitrogens with zero attached hydrogens (tertiary/aromatic N) is 3. The third kappa shape index (κ3) is 2.96. The summed E-state index contributed by atoms with van der Waals surface area (Å²) in [4.78, 5) is 17.2.